The number of carbonyl (C=O) groups is 1. The van der Waals surface area contributed by atoms with Gasteiger partial charge in [-0.15, -0.1) is 0 Å². The van der Waals surface area contributed by atoms with Gasteiger partial charge in [-0.25, -0.2) is 17.2 Å². The van der Waals surface area contributed by atoms with Crippen molar-refractivity contribution in [3.05, 3.63) is 69.0 Å². The number of likely N-dealkylation sites (N-methyl/N-ethyl adjacent to an activating group) is 1. The second-order valence-corrected chi connectivity index (χ2v) is 13.0. The summed E-state index contributed by atoms with van der Waals surface area (Å²) in [5.41, 5.74) is -4.15. The maximum Gasteiger partial charge on any atom is 0.419 e. The number of sulfone groups is 1. The smallest absolute Gasteiger partial charge is 0.338 e. The van der Waals surface area contributed by atoms with Crippen LogP contribution in [0.4, 0.5) is 22.0 Å². The van der Waals surface area contributed by atoms with Gasteiger partial charge >= 0.3 is 6.18 Å². The molecule has 1 aliphatic heterocycles. The molecule has 0 aliphatic carbocycles. The average molecular weight is 631 g/mol. The number of benzene rings is 2. The van der Waals surface area contributed by atoms with Gasteiger partial charge in [0.2, 0.25) is 5.67 Å². The molecule has 1 saturated heterocycles. The predicted octanol–water partition coefficient (Wildman–Crippen LogP) is 5.42. The molecule has 0 saturated carbocycles. The number of halogens is 7. The Kier molecular flexibility index (Phi) is 10.5. The predicted molar refractivity (Wildman–Crippen MR) is 144 cm³/mol. The van der Waals surface area contributed by atoms with Crippen LogP contribution in [0.2, 0.25) is 10.0 Å². The Morgan fingerprint density at radius 2 is 1.73 bits per heavy atom. The number of hydrogen-bond donors (Lipinski definition) is 1. The quantitative estimate of drug-likeness (QED) is 0.356. The number of hydrogen-bond acceptors (Lipinski definition) is 5. The standard InChI is InChI=1S/C26H30Cl2F5N3O3S/c1-35(15-17-3-6-23(29)20(13-17)26(31,32)33)24(37)25(30,18-4-5-21(27)22(28)14-18)9-12-36-10-7-19(8-11-36)34-16-40(2,38)39/h3-6,13-14,19,34H,7-12,15-16H2,1-2H3. The number of amides is 1. The van der Waals surface area contributed by atoms with E-state index < -0.39 is 45.5 Å². The fraction of sp³-hybridized carbons (Fsp3) is 0.500. The first-order valence-electron chi connectivity index (χ1n) is 12.4. The Morgan fingerprint density at radius 3 is 2.30 bits per heavy atom. The molecular formula is C26H30Cl2F5N3O3S. The number of alkyl halides is 4. The highest BCUT2D eigenvalue weighted by Crippen LogP contribution is 2.37. The second-order valence-electron chi connectivity index (χ2n) is 10.0. The molecule has 1 atom stereocenters. The van der Waals surface area contributed by atoms with Gasteiger partial charge in [-0.3, -0.25) is 4.79 Å². The van der Waals surface area contributed by atoms with Crippen molar-refractivity contribution in [2.75, 3.05) is 38.8 Å². The van der Waals surface area contributed by atoms with Crippen LogP contribution < -0.4 is 5.32 Å². The lowest BCUT2D eigenvalue weighted by Crippen LogP contribution is -2.47. The molecule has 1 aliphatic rings. The maximum atomic E-state index is 16.8. The van der Waals surface area contributed by atoms with Crippen molar-refractivity contribution in [1.29, 1.82) is 0 Å². The third-order valence-corrected chi connectivity index (χ3v) is 8.24. The van der Waals surface area contributed by atoms with Crippen LogP contribution in [0.1, 0.15) is 36.0 Å². The zero-order valence-corrected chi connectivity index (χ0v) is 24.2. The van der Waals surface area contributed by atoms with E-state index in [2.05, 4.69) is 5.32 Å². The van der Waals surface area contributed by atoms with Crippen molar-refractivity contribution < 1.29 is 35.2 Å². The van der Waals surface area contributed by atoms with E-state index in [4.69, 9.17) is 23.2 Å². The van der Waals surface area contributed by atoms with Gasteiger partial charge in [0.25, 0.3) is 5.91 Å². The van der Waals surface area contributed by atoms with Crippen molar-refractivity contribution in [2.45, 2.75) is 43.7 Å². The minimum absolute atomic E-state index is 0.0127. The summed E-state index contributed by atoms with van der Waals surface area (Å²) in [6.07, 6.45) is -2.82. The minimum atomic E-state index is -4.93. The van der Waals surface area contributed by atoms with Crippen molar-refractivity contribution in [3.8, 4) is 0 Å². The average Bonchev–Trinajstić information content (AvgIpc) is 2.87. The van der Waals surface area contributed by atoms with Crippen molar-refractivity contribution in [1.82, 2.24) is 15.1 Å². The first-order valence-corrected chi connectivity index (χ1v) is 15.2. The Balaban J connectivity index is 1.77. The van der Waals surface area contributed by atoms with Gasteiger partial charge in [-0.05, 0) is 55.8 Å². The summed E-state index contributed by atoms with van der Waals surface area (Å²) < 4.78 is 92.8. The van der Waals surface area contributed by atoms with Crippen LogP contribution >= 0.6 is 23.2 Å². The third kappa shape index (κ3) is 8.51. The second kappa shape index (κ2) is 12.9. The van der Waals surface area contributed by atoms with Crippen LogP contribution in [0.3, 0.4) is 0 Å². The molecule has 1 amide bonds. The normalized spacial score (nSPS) is 17.0. The molecular weight excluding hydrogens is 600 g/mol. The van der Waals surface area contributed by atoms with Gasteiger partial charge in [-0.1, -0.05) is 35.3 Å². The lowest BCUT2D eigenvalue weighted by Gasteiger charge is -2.35. The van der Waals surface area contributed by atoms with E-state index in [0.717, 1.165) is 17.2 Å². The molecule has 0 aromatic heterocycles. The zero-order valence-electron chi connectivity index (χ0n) is 21.9. The molecule has 222 valence electrons. The fourth-order valence-electron chi connectivity index (χ4n) is 4.60. The highest BCUT2D eigenvalue weighted by molar-refractivity contribution is 7.90. The molecule has 2 aromatic carbocycles. The summed E-state index contributed by atoms with van der Waals surface area (Å²) in [6, 6.07) is 6.29. The molecule has 3 rings (SSSR count). The summed E-state index contributed by atoms with van der Waals surface area (Å²) in [5, 5.41) is 3.18. The van der Waals surface area contributed by atoms with Gasteiger partial charge < -0.3 is 15.1 Å². The fourth-order valence-corrected chi connectivity index (χ4v) is 5.43. The van der Waals surface area contributed by atoms with E-state index in [-0.39, 0.29) is 46.1 Å². The molecule has 1 unspecified atom stereocenters. The minimum Gasteiger partial charge on any atom is -0.338 e. The van der Waals surface area contributed by atoms with Crippen LogP contribution in [0.25, 0.3) is 0 Å². The van der Waals surface area contributed by atoms with E-state index in [0.29, 0.717) is 38.1 Å². The summed E-state index contributed by atoms with van der Waals surface area (Å²) in [6.45, 7) is 0.855. The summed E-state index contributed by atoms with van der Waals surface area (Å²) in [7, 11) is -1.91. The first kappa shape index (κ1) is 32.5. The number of nitrogens with one attached hydrogen (secondary N) is 1. The highest BCUT2D eigenvalue weighted by atomic mass is 35.5. The first-order chi connectivity index (χ1) is 18.5. The number of nitrogens with zero attached hydrogens (tertiary/aromatic N) is 2. The molecule has 2 aromatic rings. The van der Waals surface area contributed by atoms with Gasteiger partial charge in [0.15, 0.2) is 9.84 Å². The molecule has 1 fully saturated rings. The number of carbonyl (C=O) groups excluding carboxylic acids is 1. The highest BCUT2D eigenvalue weighted by Gasteiger charge is 2.43. The van der Waals surface area contributed by atoms with Crippen LogP contribution in [0, 0.1) is 5.82 Å². The number of likely N-dealkylation sites (tertiary alicyclic amines) is 1. The lowest BCUT2D eigenvalue weighted by molar-refractivity contribution is -0.145. The van der Waals surface area contributed by atoms with Crippen LogP contribution in [0.5, 0.6) is 0 Å². The molecule has 0 radical (unpaired) electrons. The SMILES string of the molecule is CN(Cc1ccc(F)c(C(F)(F)F)c1)C(=O)C(F)(CCN1CCC(NCS(C)(=O)=O)CC1)c1ccc(Cl)c(Cl)c1. The van der Waals surface area contributed by atoms with Gasteiger partial charge in [0.05, 0.1) is 21.5 Å². The third-order valence-electron chi connectivity index (χ3n) is 6.81. The van der Waals surface area contributed by atoms with Crippen LogP contribution in [0.15, 0.2) is 36.4 Å². The van der Waals surface area contributed by atoms with Crippen molar-refractivity contribution in [3.63, 3.8) is 0 Å². The molecule has 6 nitrogen and oxygen atoms in total. The van der Waals surface area contributed by atoms with E-state index in [9.17, 15) is 30.8 Å². The zero-order chi connectivity index (χ0) is 29.9. The lowest BCUT2D eigenvalue weighted by atomic mass is 9.89. The number of rotatable bonds is 10. The Bertz CT molecular complexity index is 1320. The summed E-state index contributed by atoms with van der Waals surface area (Å²) in [4.78, 5) is 16.4. The molecule has 40 heavy (non-hydrogen) atoms. The van der Waals surface area contributed by atoms with Gasteiger partial charge in [0.1, 0.15) is 5.82 Å². The van der Waals surface area contributed by atoms with Crippen molar-refractivity contribution >= 4 is 38.9 Å². The van der Waals surface area contributed by atoms with E-state index in [1.807, 2.05) is 4.90 Å². The van der Waals surface area contributed by atoms with E-state index >= 15 is 4.39 Å². The van der Waals surface area contributed by atoms with Gasteiger partial charge in [-0.2, -0.15) is 13.2 Å². The maximum absolute atomic E-state index is 16.8. The van der Waals surface area contributed by atoms with Crippen LogP contribution in [-0.2, 0) is 33.0 Å². The molecule has 1 N–H and O–H groups in total. The topological polar surface area (TPSA) is 69.7 Å². The molecule has 14 heteroatoms. The Morgan fingerprint density at radius 1 is 1.07 bits per heavy atom. The van der Waals surface area contributed by atoms with E-state index in [1.54, 1.807) is 0 Å². The Labute approximate surface area is 240 Å². The summed E-state index contributed by atoms with van der Waals surface area (Å²) in [5.74, 6) is -2.59. The van der Waals surface area contributed by atoms with E-state index in [1.165, 1.54) is 25.2 Å². The Hall–Kier alpha value is -1.99. The molecule has 0 bridgehead atoms. The molecule has 0 spiro atoms. The monoisotopic (exact) mass is 629 g/mol. The number of piperidine rings is 1. The van der Waals surface area contributed by atoms with Crippen LogP contribution in [-0.4, -0.2) is 69.0 Å². The summed E-state index contributed by atoms with van der Waals surface area (Å²) >= 11 is 12.1. The largest absolute Gasteiger partial charge is 0.419 e. The van der Waals surface area contributed by atoms with Crippen molar-refractivity contribution in [2.24, 2.45) is 0 Å². The molecule has 1 heterocycles. The van der Waals surface area contributed by atoms with Gasteiger partial charge in [0, 0.05) is 44.4 Å².